The topological polar surface area (TPSA) is 86.8 Å². The molecule has 3 aromatic rings. The van der Waals surface area contributed by atoms with Gasteiger partial charge in [0, 0.05) is 20.1 Å². The normalized spacial score (nSPS) is 12.5. The van der Waals surface area contributed by atoms with Crippen molar-refractivity contribution in [1.29, 1.82) is 0 Å². The minimum Gasteiger partial charge on any atom is -0.354 e. The number of rotatable bonds is 11. The van der Waals surface area contributed by atoms with E-state index in [9.17, 15) is 18.0 Å². The van der Waals surface area contributed by atoms with Gasteiger partial charge in [-0.3, -0.25) is 9.59 Å². The van der Waals surface area contributed by atoms with Gasteiger partial charge in [-0.25, -0.2) is 8.42 Å². The van der Waals surface area contributed by atoms with Crippen LogP contribution in [0.2, 0.25) is 0 Å². The van der Waals surface area contributed by atoms with E-state index in [1.54, 1.807) is 25.1 Å². The number of fused-ring (bicyclic) bond motifs is 1. The highest BCUT2D eigenvalue weighted by Gasteiger charge is 2.30. The van der Waals surface area contributed by atoms with Gasteiger partial charge in [0.15, 0.2) is 0 Å². The number of carbonyl (C=O) groups excluding carboxylic acids is 2. The average Bonchev–Trinajstić information content (AvgIpc) is 2.87. The van der Waals surface area contributed by atoms with Gasteiger partial charge in [-0.05, 0) is 54.3 Å². The van der Waals surface area contributed by atoms with Gasteiger partial charge in [-0.2, -0.15) is 4.31 Å². The van der Waals surface area contributed by atoms with Crippen molar-refractivity contribution < 1.29 is 18.0 Å². The first-order valence-corrected chi connectivity index (χ1v) is 13.7. The highest BCUT2D eigenvalue weighted by atomic mass is 32.2. The van der Waals surface area contributed by atoms with Crippen LogP contribution in [-0.4, -0.2) is 55.6 Å². The third kappa shape index (κ3) is 6.50. The summed E-state index contributed by atoms with van der Waals surface area (Å²) in [6.45, 7) is 6.01. The van der Waals surface area contributed by atoms with Crippen molar-refractivity contribution in [1.82, 2.24) is 14.5 Å². The summed E-state index contributed by atoms with van der Waals surface area (Å²) in [5.41, 5.74) is 1.89. The minimum absolute atomic E-state index is 0.118. The molecule has 0 aliphatic heterocycles. The van der Waals surface area contributed by atoms with Crippen LogP contribution >= 0.6 is 0 Å². The van der Waals surface area contributed by atoms with Crippen molar-refractivity contribution in [2.24, 2.45) is 0 Å². The molecule has 0 heterocycles. The van der Waals surface area contributed by atoms with E-state index in [1.165, 1.54) is 11.9 Å². The fraction of sp³-hybridized carbons (Fsp3) is 0.357. The SMILES string of the molecule is CCCCNC(=O)C(C)N(Cc1ccccc1C)C(=O)CN(C)S(=O)(=O)c1ccc2ccccc2c1. The van der Waals surface area contributed by atoms with Crippen LogP contribution in [0.1, 0.15) is 37.8 Å². The second-order valence-electron chi connectivity index (χ2n) is 9.04. The number of benzene rings is 3. The molecule has 0 saturated carbocycles. The van der Waals surface area contributed by atoms with Crippen molar-refractivity contribution in [3.8, 4) is 0 Å². The van der Waals surface area contributed by atoms with Crippen LogP contribution in [0, 0.1) is 6.92 Å². The first-order chi connectivity index (χ1) is 17.1. The van der Waals surface area contributed by atoms with Gasteiger partial charge < -0.3 is 10.2 Å². The summed E-state index contributed by atoms with van der Waals surface area (Å²) in [6, 6.07) is 19.3. The molecule has 0 spiro atoms. The van der Waals surface area contributed by atoms with Crippen molar-refractivity contribution in [2.75, 3.05) is 20.1 Å². The van der Waals surface area contributed by atoms with E-state index in [-0.39, 0.29) is 23.9 Å². The zero-order valence-electron chi connectivity index (χ0n) is 21.4. The van der Waals surface area contributed by atoms with Gasteiger partial charge in [0.2, 0.25) is 21.8 Å². The summed E-state index contributed by atoms with van der Waals surface area (Å²) < 4.78 is 27.6. The molecule has 0 aliphatic carbocycles. The standard InChI is InChI=1S/C28H35N3O4S/c1-5-6-17-29-28(33)22(3)31(19-25-14-8-7-11-21(25)2)27(32)20-30(4)36(34,35)26-16-15-23-12-9-10-13-24(23)18-26/h7-16,18,22H,5-6,17,19-20H2,1-4H3,(H,29,33). The number of hydrogen-bond donors (Lipinski definition) is 1. The predicted octanol–water partition coefficient (Wildman–Crippen LogP) is 4.10. The van der Waals surface area contributed by atoms with E-state index in [0.29, 0.717) is 6.54 Å². The van der Waals surface area contributed by atoms with Crippen LogP contribution in [0.4, 0.5) is 0 Å². The third-order valence-corrected chi connectivity index (χ3v) is 8.19. The number of hydrogen-bond acceptors (Lipinski definition) is 4. The molecular weight excluding hydrogens is 474 g/mol. The molecule has 0 fully saturated rings. The van der Waals surface area contributed by atoms with Crippen molar-refractivity contribution in [3.63, 3.8) is 0 Å². The summed E-state index contributed by atoms with van der Waals surface area (Å²) in [6.07, 6.45) is 1.79. The van der Waals surface area contributed by atoms with E-state index in [2.05, 4.69) is 5.32 Å². The third-order valence-electron chi connectivity index (χ3n) is 6.39. The Bertz CT molecular complexity index is 1320. The van der Waals surface area contributed by atoms with Crippen LogP contribution in [0.3, 0.4) is 0 Å². The lowest BCUT2D eigenvalue weighted by Gasteiger charge is -2.30. The summed E-state index contributed by atoms with van der Waals surface area (Å²) >= 11 is 0. The Kier molecular flexibility index (Phi) is 9.23. The maximum absolute atomic E-state index is 13.5. The monoisotopic (exact) mass is 509 g/mol. The van der Waals surface area contributed by atoms with Crippen LogP contribution in [0.5, 0.6) is 0 Å². The largest absolute Gasteiger partial charge is 0.354 e. The number of nitrogens with zero attached hydrogens (tertiary/aromatic N) is 2. The predicted molar refractivity (Wildman–Crippen MR) is 143 cm³/mol. The second kappa shape index (κ2) is 12.1. The van der Waals surface area contributed by atoms with Gasteiger partial charge in [-0.1, -0.05) is 67.9 Å². The molecule has 2 amide bonds. The number of aryl methyl sites for hydroxylation is 1. The smallest absolute Gasteiger partial charge is 0.243 e. The van der Waals surface area contributed by atoms with Crippen LogP contribution < -0.4 is 5.32 Å². The number of sulfonamides is 1. The first-order valence-electron chi connectivity index (χ1n) is 12.2. The van der Waals surface area contributed by atoms with Gasteiger partial charge in [0.25, 0.3) is 0 Å². The van der Waals surface area contributed by atoms with Gasteiger partial charge >= 0.3 is 0 Å². The Labute approximate surface area is 214 Å². The van der Waals surface area contributed by atoms with Crippen LogP contribution in [0.15, 0.2) is 71.6 Å². The van der Waals surface area contributed by atoms with Crippen molar-refractivity contribution in [3.05, 3.63) is 77.9 Å². The molecule has 1 unspecified atom stereocenters. The molecule has 36 heavy (non-hydrogen) atoms. The highest BCUT2D eigenvalue weighted by molar-refractivity contribution is 7.89. The molecule has 192 valence electrons. The van der Waals surface area contributed by atoms with Gasteiger partial charge in [-0.15, -0.1) is 0 Å². The van der Waals surface area contributed by atoms with Crippen LogP contribution in [-0.2, 0) is 26.2 Å². The summed E-state index contributed by atoms with van der Waals surface area (Å²) in [7, 11) is -2.53. The molecule has 0 radical (unpaired) electrons. The first kappa shape index (κ1) is 27.4. The van der Waals surface area contributed by atoms with E-state index in [0.717, 1.165) is 39.0 Å². The number of likely N-dealkylation sites (N-methyl/N-ethyl adjacent to an activating group) is 1. The molecule has 0 saturated heterocycles. The van der Waals surface area contributed by atoms with Gasteiger partial charge in [0.1, 0.15) is 6.04 Å². The summed E-state index contributed by atoms with van der Waals surface area (Å²) in [4.78, 5) is 27.9. The molecule has 3 aromatic carbocycles. The maximum atomic E-state index is 13.5. The lowest BCUT2D eigenvalue weighted by molar-refractivity contribution is -0.140. The van der Waals surface area contributed by atoms with Gasteiger partial charge in [0.05, 0.1) is 11.4 Å². The maximum Gasteiger partial charge on any atom is 0.243 e. The summed E-state index contributed by atoms with van der Waals surface area (Å²) in [5, 5.41) is 4.62. The zero-order chi connectivity index (χ0) is 26.3. The Balaban J connectivity index is 1.83. The molecular formula is C28H35N3O4S. The Hall–Kier alpha value is -3.23. The molecule has 3 rings (SSSR count). The van der Waals surface area contributed by atoms with E-state index < -0.39 is 22.0 Å². The molecule has 0 aliphatic rings. The number of unbranched alkanes of at least 4 members (excludes halogenated alkanes) is 1. The average molecular weight is 510 g/mol. The fourth-order valence-corrected chi connectivity index (χ4v) is 5.12. The quantitative estimate of drug-likeness (QED) is 0.394. The Morgan fingerprint density at radius 1 is 0.972 bits per heavy atom. The molecule has 0 bridgehead atoms. The van der Waals surface area contributed by atoms with Crippen LogP contribution in [0.25, 0.3) is 10.8 Å². The fourth-order valence-electron chi connectivity index (χ4n) is 3.96. The lowest BCUT2D eigenvalue weighted by atomic mass is 10.1. The van der Waals surface area contributed by atoms with E-state index in [4.69, 9.17) is 0 Å². The lowest BCUT2D eigenvalue weighted by Crippen LogP contribution is -2.50. The molecule has 0 aromatic heterocycles. The number of carbonyl (C=O) groups is 2. The highest BCUT2D eigenvalue weighted by Crippen LogP contribution is 2.22. The number of nitrogens with one attached hydrogen (secondary N) is 1. The molecule has 1 atom stereocenters. The zero-order valence-corrected chi connectivity index (χ0v) is 22.2. The Morgan fingerprint density at radius 3 is 2.33 bits per heavy atom. The minimum atomic E-state index is -3.92. The van der Waals surface area contributed by atoms with Crippen molar-refractivity contribution >= 4 is 32.6 Å². The summed E-state index contributed by atoms with van der Waals surface area (Å²) in [5.74, 6) is -0.700. The van der Waals surface area contributed by atoms with Crippen molar-refractivity contribution in [2.45, 2.75) is 51.1 Å². The second-order valence-corrected chi connectivity index (χ2v) is 11.1. The molecule has 7 nitrogen and oxygen atoms in total. The molecule has 8 heteroatoms. The van der Waals surface area contributed by atoms with E-state index >= 15 is 0 Å². The van der Waals surface area contributed by atoms with E-state index in [1.807, 2.05) is 62.4 Å². The Morgan fingerprint density at radius 2 is 1.64 bits per heavy atom. The number of amides is 2. The molecule has 1 N–H and O–H groups in total.